The Labute approximate surface area is 376 Å². The van der Waals surface area contributed by atoms with Gasteiger partial charge in [0.05, 0.1) is 25.2 Å². The van der Waals surface area contributed by atoms with Crippen molar-refractivity contribution in [3.63, 3.8) is 0 Å². The van der Waals surface area contributed by atoms with Crippen molar-refractivity contribution in [2.75, 3.05) is 6.61 Å². The molecule has 0 aromatic rings. The smallest absolute Gasteiger partial charge is 0.306 e. The molecule has 0 aliphatic rings. The normalized spacial score (nSPS) is 14.0. The second kappa shape index (κ2) is 48.1. The van der Waals surface area contributed by atoms with Gasteiger partial charge in [0.1, 0.15) is 6.10 Å². The maximum Gasteiger partial charge on any atom is 0.306 e. The first-order valence-corrected chi connectivity index (χ1v) is 25.4. The van der Waals surface area contributed by atoms with E-state index < -0.39 is 18.2 Å². The second-order valence-electron chi connectivity index (χ2n) is 17.0. The minimum absolute atomic E-state index is 0.0436. The van der Waals surface area contributed by atoms with Gasteiger partial charge in [-0.15, -0.1) is 0 Å². The van der Waals surface area contributed by atoms with E-state index in [0.717, 1.165) is 89.9 Å². The largest absolute Gasteiger partial charge is 0.462 e. The van der Waals surface area contributed by atoms with Gasteiger partial charge in [-0.3, -0.25) is 9.59 Å². The summed E-state index contributed by atoms with van der Waals surface area (Å²) in [4.78, 5) is 26.0. The average Bonchev–Trinajstić information content (AvgIpc) is 3.25. The quantitative estimate of drug-likeness (QED) is 0.0246. The third kappa shape index (κ3) is 43.5. The lowest BCUT2D eigenvalue weighted by Gasteiger charge is -2.24. The third-order valence-electron chi connectivity index (χ3n) is 11.1. The van der Waals surface area contributed by atoms with Crippen molar-refractivity contribution >= 4 is 11.9 Å². The van der Waals surface area contributed by atoms with Crippen LogP contribution in [0, 0.1) is 0 Å². The second-order valence-corrected chi connectivity index (χ2v) is 17.0. The molecule has 6 heteroatoms. The molecule has 3 unspecified atom stereocenters. The molecule has 6 nitrogen and oxygen atoms in total. The van der Waals surface area contributed by atoms with Crippen LogP contribution in [0.3, 0.4) is 0 Å². The summed E-state index contributed by atoms with van der Waals surface area (Å²) in [5, 5.41) is 23.7. The van der Waals surface area contributed by atoms with E-state index in [1.165, 1.54) is 89.9 Å². The summed E-state index contributed by atoms with van der Waals surface area (Å²) in [6.45, 7) is 6.25. The first-order chi connectivity index (χ1) is 30.0. The Morgan fingerprint density at radius 2 is 0.934 bits per heavy atom. The Morgan fingerprint density at radius 1 is 0.492 bits per heavy atom. The number of aliphatic hydroxyl groups is 2. The van der Waals surface area contributed by atoms with Gasteiger partial charge in [0.15, 0.2) is 0 Å². The first-order valence-electron chi connectivity index (χ1n) is 25.4. The van der Waals surface area contributed by atoms with Crippen molar-refractivity contribution in [2.24, 2.45) is 0 Å². The van der Waals surface area contributed by atoms with Crippen LogP contribution >= 0.6 is 0 Å². The first kappa shape index (κ1) is 58.0. The highest BCUT2D eigenvalue weighted by molar-refractivity contribution is 5.77. The molecule has 3 atom stereocenters. The van der Waals surface area contributed by atoms with E-state index in [1.54, 1.807) is 0 Å². The molecular formula is C55H95NO5. The summed E-state index contributed by atoms with van der Waals surface area (Å²) >= 11 is 0. The van der Waals surface area contributed by atoms with Crippen LogP contribution in [0.4, 0.5) is 0 Å². The lowest BCUT2D eigenvalue weighted by molar-refractivity contribution is -0.151. The van der Waals surface area contributed by atoms with Crippen LogP contribution < -0.4 is 5.32 Å². The maximum atomic E-state index is 13.1. The summed E-state index contributed by atoms with van der Waals surface area (Å²) in [6.07, 6.45) is 62.2. The molecule has 0 bridgehead atoms. The van der Waals surface area contributed by atoms with E-state index in [0.29, 0.717) is 19.3 Å². The van der Waals surface area contributed by atoms with E-state index >= 15 is 0 Å². The van der Waals surface area contributed by atoms with Gasteiger partial charge in [-0.25, -0.2) is 0 Å². The van der Waals surface area contributed by atoms with Crippen LogP contribution in [0.25, 0.3) is 0 Å². The highest BCUT2D eigenvalue weighted by Crippen LogP contribution is 2.17. The topological polar surface area (TPSA) is 95.9 Å². The van der Waals surface area contributed by atoms with E-state index in [-0.39, 0.29) is 24.9 Å². The zero-order valence-corrected chi connectivity index (χ0v) is 39.8. The van der Waals surface area contributed by atoms with Gasteiger partial charge in [0, 0.05) is 6.42 Å². The molecule has 0 saturated heterocycles. The zero-order valence-electron chi connectivity index (χ0n) is 39.8. The van der Waals surface area contributed by atoms with Gasteiger partial charge in [0.25, 0.3) is 0 Å². The number of rotatable bonds is 44. The fourth-order valence-electron chi connectivity index (χ4n) is 7.29. The number of ether oxygens (including phenoxy) is 1. The van der Waals surface area contributed by atoms with Crippen LogP contribution in [0.5, 0.6) is 0 Å². The number of esters is 1. The van der Waals surface area contributed by atoms with E-state index in [1.807, 2.05) is 54.7 Å². The highest BCUT2D eigenvalue weighted by atomic mass is 16.5. The van der Waals surface area contributed by atoms with Gasteiger partial charge >= 0.3 is 5.97 Å². The van der Waals surface area contributed by atoms with Gasteiger partial charge in [-0.05, 0) is 64.2 Å². The number of hydrogen-bond donors (Lipinski definition) is 3. The van der Waals surface area contributed by atoms with Crippen LogP contribution in [0.1, 0.15) is 226 Å². The Morgan fingerprint density at radius 3 is 1.46 bits per heavy atom. The lowest BCUT2D eigenvalue weighted by Crippen LogP contribution is -2.46. The molecule has 1 amide bonds. The molecule has 0 aliphatic heterocycles. The Bertz CT molecular complexity index is 1180. The molecule has 0 aromatic heterocycles. The maximum absolute atomic E-state index is 13.1. The predicted molar refractivity (Wildman–Crippen MR) is 264 cm³/mol. The van der Waals surface area contributed by atoms with Crippen molar-refractivity contribution in [3.05, 3.63) is 85.1 Å². The molecule has 0 rings (SSSR count). The van der Waals surface area contributed by atoms with Gasteiger partial charge < -0.3 is 20.3 Å². The van der Waals surface area contributed by atoms with Crippen molar-refractivity contribution < 1.29 is 24.5 Å². The number of aliphatic hydroxyl groups excluding tert-OH is 2. The standard InChI is InChI=1S/C55H95NO5/c1-4-7-10-13-16-19-21-23-25-27-29-31-33-35-38-41-44-47-53(58)52(50-57)56-54(59)49-51(46-43-40-37-18-15-12-9-6-3)61-55(60)48-45-42-39-36-34-32-30-28-26-24-22-20-17-14-11-8-5-2/h8,11-12,14-15,17,20,22,24,26,28,30,32,34,51-53,57-58H,4-7,9-10,13,16,18-19,21,23,25,27,29,31,33,35-50H2,1-3H3,(H,56,59)/b11-8-,15-12-,17-14+,22-20+,26-24-,30-28+,34-32+. The monoisotopic (exact) mass is 850 g/mol. The molecule has 0 saturated carbocycles. The summed E-state index contributed by atoms with van der Waals surface area (Å²) in [5.74, 6) is -0.550. The number of nitrogens with one attached hydrogen (secondary N) is 1. The minimum Gasteiger partial charge on any atom is -0.462 e. The molecule has 61 heavy (non-hydrogen) atoms. The van der Waals surface area contributed by atoms with Crippen LogP contribution in [-0.4, -0.2) is 46.9 Å². The van der Waals surface area contributed by atoms with Gasteiger partial charge in [0.2, 0.25) is 5.91 Å². The number of hydrogen-bond acceptors (Lipinski definition) is 5. The number of carbonyl (C=O) groups excluding carboxylic acids is 2. The van der Waals surface area contributed by atoms with E-state index in [9.17, 15) is 19.8 Å². The molecule has 3 N–H and O–H groups in total. The summed E-state index contributed by atoms with van der Waals surface area (Å²) in [6, 6.07) is -0.719. The fraction of sp³-hybridized carbons (Fsp3) is 0.709. The minimum atomic E-state index is -0.803. The molecule has 0 aliphatic carbocycles. The van der Waals surface area contributed by atoms with Gasteiger partial charge in [-0.2, -0.15) is 0 Å². The fourth-order valence-corrected chi connectivity index (χ4v) is 7.29. The van der Waals surface area contributed by atoms with Crippen molar-refractivity contribution in [1.82, 2.24) is 5.32 Å². The molecule has 0 heterocycles. The van der Waals surface area contributed by atoms with Crippen LogP contribution in [0.15, 0.2) is 85.1 Å². The summed E-state index contributed by atoms with van der Waals surface area (Å²) in [5.41, 5.74) is 0. The lowest BCUT2D eigenvalue weighted by atomic mass is 10.0. The molecule has 0 radical (unpaired) electrons. The molecule has 0 fully saturated rings. The number of carbonyl (C=O) groups is 2. The SMILES string of the molecule is CC\C=C/C=C/C=C/C=C\C=C\C=C\CCCCCC(=O)OC(CCCCC/C=C\CCC)CC(=O)NC(CO)C(O)CCCCCCCCCCCCCCCCCCC. The Balaban J connectivity index is 4.49. The number of allylic oxidation sites excluding steroid dienone is 14. The van der Waals surface area contributed by atoms with E-state index in [2.05, 4.69) is 56.5 Å². The van der Waals surface area contributed by atoms with Crippen LogP contribution in [0.2, 0.25) is 0 Å². The van der Waals surface area contributed by atoms with E-state index in [4.69, 9.17) is 4.74 Å². The third-order valence-corrected chi connectivity index (χ3v) is 11.1. The van der Waals surface area contributed by atoms with Crippen molar-refractivity contribution in [3.8, 4) is 0 Å². The van der Waals surface area contributed by atoms with Crippen LogP contribution in [-0.2, 0) is 14.3 Å². The summed E-state index contributed by atoms with van der Waals surface area (Å²) in [7, 11) is 0. The summed E-state index contributed by atoms with van der Waals surface area (Å²) < 4.78 is 5.87. The molecule has 0 aromatic carbocycles. The predicted octanol–water partition coefficient (Wildman–Crippen LogP) is 15.2. The zero-order chi connectivity index (χ0) is 44.5. The number of unbranched alkanes of at least 4 members (excludes halogenated alkanes) is 23. The molecule has 0 spiro atoms. The molecular weight excluding hydrogens is 755 g/mol. The highest BCUT2D eigenvalue weighted by Gasteiger charge is 2.24. The van der Waals surface area contributed by atoms with Gasteiger partial charge in [-0.1, -0.05) is 234 Å². The average molecular weight is 850 g/mol. The molecule has 350 valence electrons. The number of amides is 1. The Hall–Kier alpha value is -2.96. The Kier molecular flexibility index (Phi) is 45.7. The van der Waals surface area contributed by atoms with Crippen molar-refractivity contribution in [1.29, 1.82) is 0 Å². The van der Waals surface area contributed by atoms with Crippen molar-refractivity contribution in [2.45, 2.75) is 244 Å².